The van der Waals surface area contributed by atoms with Crippen LogP contribution in [-0.2, 0) is 28.9 Å². The molecule has 0 unspecified atom stereocenters. The second-order valence-electron chi connectivity index (χ2n) is 7.93. The van der Waals surface area contributed by atoms with Crippen molar-refractivity contribution in [2.75, 3.05) is 37.0 Å². The Kier molecular flexibility index (Phi) is 6.04. The molecule has 0 radical (unpaired) electrons. The van der Waals surface area contributed by atoms with Gasteiger partial charge in [-0.15, -0.1) is 11.8 Å². The summed E-state index contributed by atoms with van der Waals surface area (Å²) >= 11 is 1.65. The van der Waals surface area contributed by atoms with Crippen molar-refractivity contribution in [2.24, 2.45) is 0 Å². The Morgan fingerprint density at radius 3 is 2.79 bits per heavy atom. The van der Waals surface area contributed by atoms with E-state index in [1.807, 2.05) is 24.4 Å². The molecule has 0 saturated carbocycles. The van der Waals surface area contributed by atoms with E-state index in [-0.39, 0.29) is 5.60 Å². The van der Waals surface area contributed by atoms with Gasteiger partial charge < -0.3 is 14.4 Å². The van der Waals surface area contributed by atoms with E-state index in [1.165, 1.54) is 0 Å². The number of nitriles is 1. The highest BCUT2D eigenvalue weighted by molar-refractivity contribution is 7.99. The number of pyridine rings is 2. The Balaban J connectivity index is 1.66. The second-order valence-corrected chi connectivity index (χ2v) is 9.01. The molecule has 6 nitrogen and oxygen atoms in total. The summed E-state index contributed by atoms with van der Waals surface area (Å²) < 4.78 is 11.6. The summed E-state index contributed by atoms with van der Waals surface area (Å²) in [5.74, 6) is 1.79. The van der Waals surface area contributed by atoms with Crippen LogP contribution in [0.3, 0.4) is 0 Å². The molecule has 4 heterocycles. The van der Waals surface area contributed by atoms with Crippen molar-refractivity contribution in [2.45, 2.75) is 43.9 Å². The highest BCUT2D eigenvalue weighted by atomic mass is 32.2. The molecule has 2 aliphatic heterocycles. The van der Waals surface area contributed by atoms with Crippen molar-refractivity contribution in [3.63, 3.8) is 0 Å². The predicted octanol–water partition coefficient (Wildman–Crippen LogP) is 3.37. The van der Waals surface area contributed by atoms with E-state index < -0.39 is 0 Å². The topological polar surface area (TPSA) is 71.3 Å². The van der Waals surface area contributed by atoms with Crippen molar-refractivity contribution in [1.29, 1.82) is 5.26 Å². The molecule has 152 valence electrons. The van der Waals surface area contributed by atoms with Gasteiger partial charge >= 0.3 is 0 Å². The second kappa shape index (κ2) is 8.70. The van der Waals surface area contributed by atoms with Crippen LogP contribution in [0, 0.1) is 11.3 Å². The number of anilines is 1. The molecule has 0 N–H and O–H groups in total. The fourth-order valence-electron chi connectivity index (χ4n) is 3.78. The van der Waals surface area contributed by atoms with E-state index in [1.54, 1.807) is 11.8 Å². The fourth-order valence-corrected chi connectivity index (χ4v) is 4.75. The van der Waals surface area contributed by atoms with Crippen LogP contribution >= 0.6 is 11.8 Å². The van der Waals surface area contributed by atoms with E-state index in [9.17, 15) is 5.26 Å². The molecule has 1 fully saturated rings. The summed E-state index contributed by atoms with van der Waals surface area (Å²) in [6, 6.07) is 8.40. The average molecular weight is 411 g/mol. The van der Waals surface area contributed by atoms with Crippen molar-refractivity contribution < 1.29 is 9.47 Å². The maximum absolute atomic E-state index is 9.97. The smallest absolute Gasteiger partial charge is 0.135 e. The molecule has 0 aliphatic carbocycles. The quantitative estimate of drug-likeness (QED) is 0.700. The van der Waals surface area contributed by atoms with Crippen LogP contribution in [0.1, 0.15) is 36.2 Å². The first-order chi connectivity index (χ1) is 14.1. The van der Waals surface area contributed by atoms with Crippen molar-refractivity contribution in [3.8, 4) is 6.07 Å². The summed E-state index contributed by atoms with van der Waals surface area (Å²) in [5.41, 5.74) is 3.65. The van der Waals surface area contributed by atoms with Gasteiger partial charge in [-0.3, -0.25) is 4.98 Å². The van der Waals surface area contributed by atoms with E-state index in [0.717, 1.165) is 59.3 Å². The fraction of sp³-hybridized carbons (Fsp3) is 0.500. The minimum Gasteiger partial charge on any atom is -0.378 e. The predicted molar refractivity (Wildman–Crippen MR) is 113 cm³/mol. The number of aryl methyl sites for hydroxylation is 1. The van der Waals surface area contributed by atoms with Crippen LogP contribution < -0.4 is 4.90 Å². The molecule has 7 heteroatoms. The number of hydrogen-bond acceptors (Lipinski definition) is 7. The lowest BCUT2D eigenvalue weighted by molar-refractivity contribution is -0.0402. The minimum absolute atomic E-state index is 0.280. The van der Waals surface area contributed by atoms with Gasteiger partial charge in [0.05, 0.1) is 31.0 Å². The number of hydrogen-bond donors (Lipinski definition) is 0. The number of nitrogens with zero attached hydrogens (tertiary/aromatic N) is 4. The first-order valence-electron chi connectivity index (χ1n) is 10.0. The monoisotopic (exact) mass is 410 g/mol. The summed E-state index contributed by atoms with van der Waals surface area (Å²) in [5, 5.41) is 10.8. The van der Waals surface area contributed by atoms with E-state index in [2.05, 4.69) is 29.8 Å². The van der Waals surface area contributed by atoms with E-state index >= 15 is 0 Å². The zero-order chi connectivity index (χ0) is 20.3. The van der Waals surface area contributed by atoms with E-state index in [0.29, 0.717) is 25.4 Å². The molecule has 0 bridgehead atoms. The third-order valence-corrected chi connectivity index (χ3v) is 6.29. The molecule has 0 amide bonds. The third-order valence-electron chi connectivity index (χ3n) is 5.31. The first kappa shape index (κ1) is 20.1. The molecular weight excluding hydrogens is 384 g/mol. The van der Waals surface area contributed by atoms with Crippen molar-refractivity contribution >= 4 is 17.6 Å². The van der Waals surface area contributed by atoms with Crippen molar-refractivity contribution in [1.82, 2.24) is 9.97 Å². The number of rotatable bonds is 5. The molecule has 1 saturated heterocycles. The van der Waals surface area contributed by atoms with Gasteiger partial charge in [-0.1, -0.05) is 6.07 Å². The van der Waals surface area contributed by atoms with Gasteiger partial charge in [0.2, 0.25) is 0 Å². The number of thioether (sulfide) groups is 1. The minimum atomic E-state index is -0.280. The lowest BCUT2D eigenvalue weighted by atomic mass is 9.89. The number of aromatic nitrogens is 2. The molecule has 0 spiro atoms. The highest BCUT2D eigenvalue weighted by Gasteiger charge is 2.33. The lowest BCUT2D eigenvalue weighted by Crippen LogP contribution is -2.39. The molecule has 0 atom stereocenters. The van der Waals surface area contributed by atoms with Gasteiger partial charge in [-0.25, -0.2) is 4.98 Å². The van der Waals surface area contributed by atoms with E-state index in [4.69, 9.17) is 14.5 Å². The van der Waals surface area contributed by atoms with Crippen molar-refractivity contribution in [3.05, 3.63) is 46.8 Å². The average Bonchev–Trinajstić information content (AvgIpc) is 2.74. The van der Waals surface area contributed by atoms with Crippen LogP contribution in [-0.4, -0.2) is 47.6 Å². The lowest BCUT2D eigenvalue weighted by Gasteiger charge is -2.36. The Hall–Kier alpha value is -2.14. The Bertz CT molecular complexity index is 905. The molecule has 2 aromatic rings. The highest BCUT2D eigenvalue weighted by Crippen LogP contribution is 2.38. The molecule has 0 aromatic carbocycles. The van der Waals surface area contributed by atoms with Gasteiger partial charge in [-0.05, 0) is 38.0 Å². The third kappa shape index (κ3) is 4.55. The van der Waals surface area contributed by atoms with Crippen LogP contribution in [0.5, 0.6) is 0 Å². The molecular formula is C22H26N4O2S. The maximum atomic E-state index is 9.97. The summed E-state index contributed by atoms with van der Waals surface area (Å²) in [6.07, 6.45) is 3.38. The molecule has 4 rings (SSSR count). The number of ether oxygens (including phenoxy) is 2. The molecule has 29 heavy (non-hydrogen) atoms. The van der Waals surface area contributed by atoms with Gasteiger partial charge in [0.15, 0.2) is 0 Å². The first-order valence-corrected chi connectivity index (χ1v) is 11.0. The summed E-state index contributed by atoms with van der Waals surface area (Å²) in [6.45, 7) is 7.69. The summed E-state index contributed by atoms with van der Waals surface area (Å²) in [4.78, 5) is 11.6. The molecule has 2 aliphatic rings. The Morgan fingerprint density at radius 1 is 1.24 bits per heavy atom. The van der Waals surface area contributed by atoms with Gasteiger partial charge in [0.1, 0.15) is 16.9 Å². The van der Waals surface area contributed by atoms with Crippen LogP contribution in [0.4, 0.5) is 5.82 Å². The zero-order valence-electron chi connectivity index (χ0n) is 17.0. The van der Waals surface area contributed by atoms with Gasteiger partial charge in [-0.2, -0.15) is 5.26 Å². The van der Waals surface area contributed by atoms with Gasteiger partial charge in [0.25, 0.3) is 0 Å². The SMILES string of the molecule is CC1(C)Cc2c(C#N)c(SCCc3ccccn3)nc(N3CCOCC3)c2CO1. The van der Waals surface area contributed by atoms with Crippen LogP contribution in [0.2, 0.25) is 0 Å². The molecule has 2 aromatic heterocycles. The maximum Gasteiger partial charge on any atom is 0.135 e. The Labute approximate surface area is 176 Å². The van der Waals surface area contributed by atoms with Crippen LogP contribution in [0.15, 0.2) is 29.4 Å². The number of fused-ring (bicyclic) bond motifs is 1. The number of morpholine rings is 1. The van der Waals surface area contributed by atoms with Gasteiger partial charge in [0, 0.05) is 42.7 Å². The largest absolute Gasteiger partial charge is 0.378 e. The standard InChI is InChI=1S/C22H26N4O2S/c1-22(2)13-17-18(14-23)21(29-12-6-16-5-3-4-7-24-16)25-20(19(17)15-28-22)26-8-10-27-11-9-26/h3-5,7H,6,8-13,15H2,1-2H3. The van der Waals surface area contributed by atoms with Crippen LogP contribution in [0.25, 0.3) is 0 Å². The summed E-state index contributed by atoms with van der Waals surface area (Å²) in [7, 11) is 0. The zero-order valence-corrected chi connectivity index (χ0v) is 17.8. The normalized spacial score (nSPS) is 18.2. The Morgan fingerprint density at radius 2 is 2.07 bits per heavy atom.